The Morgan fingerprint density at radius 3 is 2.39 bits per heavy atom. The van der Waals surface area contributed by atoms with E-state index in [0.717, 1.165) is 17.2 Å². The maximum Gasteiger partial charge on any atom is 0.481 e. The second-order valence-corrected chi connectivity index (χ2v) is 10.1. The molecule has 0 aliphatic carbocycles. The molecule has 5 unspecified atom stereocenters. The van der Waals surface area contributed by atoms with Crippen molar-refractivity contribution < 1.29 is 61.4 Å². The number of nitrogens with zero attached hydrogens (tertiary/aromatic N) is 4. The Labute approximate surface area is 171 Å². The molecule has 3 rings (SSSR count). The van der Waals surface area contributed by atoms with Crippen LogP contribution in [0.1, 0.15) is 6.23 Å². The maximum absolute atomic E-state index is 11.6. The zero-order valence-corrected chi connectivity index (χ0v) is 17.6. The van der Waals surface area contributed by atoms with E-state index in [2.05, 4.69) is 28.3 Å². The first-order valence-corrected chi connectivity index (χ1v) is 12.5. The van der Waals surface area contributed by atoms with Crippen molar-refractivity contribution in [3.63, 3.8) is 0 Å². The maximum atomic E-state index is 11.6. The molecule has 174 valence electrons. The van der Waals surface area contributed by atoms with E-state index in [0.29, 0.717) is 0 Å². The van der Waals surface area contributed by atoms with Gasteiger partial charge in [0.1, 0.15) is 30.2 Å². The predicted molar refractivity (Wildman–Crippen MR) is 95.5 cm³/mol. The zero-order valence-electron chi connectivity index (χ0n) is 14.9. The minimum absolute atomic E-state index is 0.00468. The van der Waals surface area contributed by atoms with Crippen molar-refractivity contribution >= 4 is 40.4 Å². The molecule has 0 bridgehead atoms. The summed E-state index contributed by atoms with van der Waals surface area (Å²) in [6.07, 6.45) is -4.46. The fraction of sp³-hybridized carbons (Fsp3) is 0.500. The van der Waals surface area contributed by atoms with Gasteiger partial charge in [-0.05, 0) is 0 Å². The van der Waals surface area contributed by atoms with Crippen LogP contribution in [-0.4, -0.2) is 74.0 Å². The summed E-state index contributed by atoms with van der Waals surface area (Å²) in [4.78, 5) is 56.5. The molecule has 1 fully saturated rings. The number of nitrogen functional groups attached to an aromatic ring is 1. The fourth-order valence-electron chi connectivity index (χ4n) is 2.75. The third-order valence-corrected chi connectivity index (χ3v) is 6.51. The van der Waals surface area contributed by atoms with Crippen LogP contribution < -0.4 is 5.73 Å². The summed E-state index contributed by atoms with van der Waals surface area (Å²) in [5.41, 5.74) is 5.87. The van der Waals surface area contributed by atoms with E-state index >= 15 is 0 Å². The zero-order chi connectivity index (χ0) is 23.2. The normalized spacial score (nSPS) is 26.9. The molecule has 1 aliphatic rings. The first-order valence-electron chi connectivity index (χ1n) is 7.91. The van der Waals surface area contributed by atoms with Gasteiger partial charge >= 0.3 is 23.5 Å². The topological polar surface area (TPSA) is 279 Å². The summed E-state index contributed by atoms with van der Waals surface area (Å²) in [6.45, 7) is -1.03. The average Bonchev–Trinajstić information content (AvgIpc) is 3.13. The number of nitrogens with two attached hydrogens (primary N) is 1. The number of phosphoric acid groups is 3. The standard InChI is InChI=1S/C10H16N5O13P3/c11-8-5-9(13-2-12-8)15(3-14-5)10-6(16)7(27-29(17,18)19)4(26-10)1-25-31(23,24)28-30(20,21)22/h2-4,6-7,10,16H,1H2,(H,23,24)(H2,11,12,13)(H2,17,18,19)(H2,20,21,22). The highest BCUT2D eigenvalue weighted by molar-refractivity contribution is 7.60. The Kier molecular flexibility index (Phi) is 6.68. The number of phosphoric ester groups is 2. The van der Waals surface area contributed by atoms with Crippen LogP contribution >= 0.6 is 23.5 Å². The van der Waals surface area contributed by atoms with Gasteiger partial charge in [0.2, 0.25) is 0 Å². The number of aliphatic hydroxyl groups is 1. The molecule has 0 radical (unpaired) electrons. The van der Waals surface area contributed by atoms with Crippen LogP contribution in [0.3, 0.4) is 0 Å². The highest BCUT2D eigenvalue weighted by Crippen LogP contribution is 2.58. The van der Waals surface area contributed by atoms with E-state index in [1.807, 2.05) is 0 Å². The summed E-state index contributed by atoms with van der Waals surface area (Å²) in [7, 11) is -15.9. The van der Waals surface area contributed by atoms with Crippen LogP contribution in [0, 0.1) is 0 Å². The summed E-state index contributed by atoms with van der Waals surface area (Å²) in [5, 5.41) is 10.5. The number of hydrogen-bond donors (Lipinski definition) is 7. The Bertz CT molecular complexity index is 1100. The lowest BCUT2D eigenvalue weighted by atomic mass is 10.1. The molecule has 2 aromatic rings. The second kappa shape index (κ2) is 8.53. The quantitative estimate of drug-likeness (QED) is 0.197. The van der Waals surface area contributed by atoms with E-state index in [9.17, 15) is 23.7 Å². The van der Waals surface area contributed by atoms with E-state index in [4.69, 9.17) is 30.0 Å². The Morgan fingerprint density at radius 1 is 1.10 bits per heavy atom. The number of anilines is 1. The Balaban J connectivity index is 1.87. The lowest BCUT2D eigenvalue weighted by Crippen LogP contribution is -2.35. The monoisotopic (exact) mass is 507 g/mol. The van der Waals surface area contributed by atoms with E-state index < -0.39 is 54.6 Å². The van der Waals surface area contributed by atoms with Gasteiger partial charge in [0.05, 0.1) is 12.9 Å². The molecule has 18 nitrogen and oxygen atoms in total. The van der Waals surface area contributed by atoms with Crippen molar-refractivity contribution in [2.45, 2.75) is 24.5 Å². The average molecular weight is 507 g/mol. The SMILES string of the molecule is Nc1ncnc2c1ncn2C1OC(COP(=O)(O)OP(=O)(O)O)C(OP(=O)(O)O)C1O. The molecule has 0 saturated carbocycles. The van der Waals surface area contributed by atoms with Crippen LogP contribution in [0.15, 0.2) is 12.7 Å². The summed E-state index contributed by atoms with van der Waals surface area (Å²) in [5.74, 6) is -0.00468. The van der Waals surface area contributed by atoms with Crippen LogP contribution in [-0.2, 0) is 31.8 Å². The van der Waals surface area contributed by atoms with Crippen LogP contribution in [0.25, 0.3) is 11.2 Å². The highest BCUT2D eigenvalue weighted by Gasteiger charge is 2.50. The number of rotatable bonds is 8. The van der Waals surface area contributed by atoms with Gasteiger partial charge in [-0.1, -0.05) is 0 Å². The summed E-state index contributed by atoms with van der Waals surface area (Å²) >= 11 is 0. The number of aromatic nitrogens is 4. The molecular weight excluding hydrogens is 491 g/mol. The molecule has 0 aromatic carbocycles. The van der Waals surface area contributed by atoms with Crippen molar-refractivity contribution in [3.05, 3.63) is 12.7 Å². The van der Waals surface area contributed by atoms with Gasteiger partial charge in [0.15, 0.2) is 17.7 Å². The highest BCUT2D eigenvalue weighted by atomic mass is 31.3. The summed E-state index contributed by atoms with van der Waals surface area (Å²) < 4.78 is 52.8. The largest absolute Gasteiger partial charge is 0.481 e. The molecule has 3 heterocycles. The predicted octanol–water partition coefficient (Wildman–Crippen LogP) is -1.63. The van der Waals surface area contributed by atoms with Gasteiger partial charge in [0, 0.05) is 0 Å². The van der Waals surface area contributed by atoms with Gasteiger partial charge in [-0.2, -0.15) is 4.31 Å². The molecule has 0 amide bonds. The van der Waals surface area contributed by atoms with E-state index in [1.165, 1.54) is 0 Å². The molecule has 0 spiro atoms. The third kappa shape index (κ3) is 5.91. The number of aliphatic hydroxyl groups excluding tert-OH is 1. The number of imidazole rings is 1. The van der Waals surface area contributed by atoms with Crippen LogP contribution in [0.4, 0.5) is 5.82 Å². The van der Waals surface area contributed by atoms with Gasteiger partial charge < -0.3 is 40.0 Å². The summed E-state index contributed by atoms with van der Waals surface area (Å²) in [6, 6.07) is 0. The lowest BCUT2D eigenvalue weighted by molar-refractivity contribution is -0.0501. The number of hydrogen-bond acceptors (Lipinski definition) is 12. The van der Waals surface area contributed by atoms with E-state index in [-0.39, 0.29) is 17.0 Å². The molecule has 1 saturated heterocycles. The molecule has 31 heavy (non-hydrogen) atoms. The molecule has 2 aromatic heterocycles. The Morgan fingerprint density at radius 2 is 1.77 bits per heavy atom. The molecule has 8 N–H and O–H groups in total. The van der Waals surface area contributed by atoms with Crippen molar-refractivity contribution in [1.82, 2.24) is 19.5 Å². The van der Waals surface area contributed by atoms with Crippen molar-refractivity contribution in [2.75, 3.05) is 12.3 Å². The van der Waals surface area contributed by atoms with Gasteiger partial charge in [-0.3, -0.25) is 13.6 Å². The Hall–Kier alpha value is -1.36. The minimum Gasteiger partial charge on any atom is -0.386 e. The fourth-order valence-corrected chi connectivity index (χ4v) is 4.93. The van der Waals surface area contributed by atoms with Crippen LogP contribution in [0.5, 0.6) is 0 Å². The number of fused-ring (bicyclic) bond motifs is 1. The molecule has 1 aliphatic heterocycles. The molecule has 21 heteroatoms. The van der Waals surface area contributed by atoms with Crippen molar-refractivity contribution in [1.29, 1.82) is 0 Å². The van der Waals surface area contributed by atoms with E-state index in [1.54, 1.807) is 0 Å². The van der Waals surface area contributed by atoms with Gasteiger partial charge in [-0.15, -0.1) is 0 Å². The first-order chi connectivity index (χ1) is 14.2. The second-order valence-electron chi connectivity index (χ2n) is 6.04. The van der Waals surface area contributed by atoms with Gasteiger partial charge in [0.25, 0.3) is 0 Å². The van der Waals surface area contributed by atoms with Crippen molar-refractivity contribution in [3.8, 4) is 0 Å². The first kappa shape index (κ1) is 24.3. The lowest BCUT2D eigenvalue weighted by Gasteiger charge is -2.21. The van der Waals surface area contributed by atoms with Crippen LogP contribution in [0.2, 0.25) is 0 Å². The minimum atomic E-state index is -5.42. The molecule has 5 atom stereocenters. The smallest absolute Gasteiger partial charge is 0.386 e. The third-order valence-electron chi connectivity index (χ3n) is 3.84. The van der Waals surface area contributed by atoms with Crippen molar-refractivity contribution in [2.24, 2.45) is 0 Å². The van der Waals surface area contributed by atoms with Gasteiger partial charge in [-0.25, -0.2) is 28.6 Å². The molecular formula is C10H16N5O13P3. The number of ether oxygens (including phenoxy) is 1.